The first-order chi connectivity index (χ1) is 6.74. The number of nitrogens with zero attached hydrogens (tertiary/aromatic N) is 1. The Morgan fingerprint density at radius 1 is 1.57 bits per heavy atom. The second-order valence-electron chi connectivity index (χ2n) is 3.73. The number of carbonyl (C=O) groups excluding carboxylic acids is 1. The standard InChI is InChI=1S/C10H20N2OS/c1-2-14-8-10(13)12-6-4-3-5-9(11)7-12/h9H,2-8,11H2,1H3. The van der Waals surface area contributed by atoms with E-state index >= 15 is 0 Å². The van der Waals surface area contributed by atoms with Crippen molar-refractivity contribution in [3.05, 3.63) is 0 Å². The molecule has 3 nitrogen and oxygen atoms in total. The number of likely N-dealkylation sites (tertiary alicyclic amines) is 1. The lowest BCUT2D eigenvalue weighted by Gasteiger charge is -2.22. The lowest BCUT2D eigenvalue weighted by molar-refractivity contribution is -0.128. The van der Waals surface area contributed by atoms with Gasteiger partial charge in [-0.05, 0) is 18.6 Å². The summed E-state index contributed by atoms with van der Waals surface area (Å²) in [6.07, 6.45) is 3.33. The molecule has 82 valence electrons. The van der Waals surface area contributed by atoms with E-state index in [-0.39, 0.29) is 11.9 Å². The number of hydrogen-bond donors (Lipinski definition) is 1. The van der Waals surface area contributed by atoms with Crippen LogP contribution in [0.5, 0.6) is 0 Å². The zero-order chi connectivity index (χ0) is 10.4. The Balaban J connectivity index is 2.36. The van der Waals surface area contributed by atoms with Crippen LogP contribution >= 0.6 is 11.8 Å². The van der Waals surface area contributed by atoms with Crippen molar-refractivity contribution < 1.29 is 4.79 Å². The zero-order valence-corrected chi connectivity index (χ0v) is 9.68. The van der Waals surface area contributed by atoms with E-state index < -0.39 is 0 Å². The largest absolute Gasteiger partial charge is 0.340 e. The van der Waals surface area contributed by atoms with Gasteiger partial charge >= 0.3 is 0 Å². The molecule has 1 atom stereocenters. The van der Waals surface area contributed by atoms with Crippen LogP contribution in [0.15, 0.2) is 0 Å². The molecule has 0 aromatic rings. The number of rotatable bonds is 3. The molecule has 1 aliphatic rings. The smallest absolute Gasteiger partial charge is 0.232 e. The van der Waals surface area contributed by atoms with Crippen LogP contribution in [-0.4, -0.2) is 41.4 Å². The van der Waals surface area contributed by atoms with Crippen molar-refractivity contribution in [2.45, 2.75) is 32.2 Å². The molecule has 0 spiro atoms. The lowest BCUT2D eigenvalue weighted by atomic mass is 10.2. The van der Waals surface area contributed by atoms with Crippen molar-refractivity contribution in [3.63, 3.8) is 0 Å². The van der Waals surface area contributed by atoms with Gasteiger partial charge in [0.1, 0.15) is 0 Å². The van der Waals surface area contributed by atoms with E-state index in [1.54, 1.807) is 11.8 Å². The highest BCUT2D eigenvalue weighted by molar-refractivity contribution is 7.99. The zero-order valence-electron chi connectivity index (χ0n) is 8.87. The fourth-order valence-corrected chi connectivity index (χ4v) is 2.24. The molecule has 14 heavy (non-hydrogen) atoms. The molecule has 0 bridgehead atoms. The Labute approximate surface area is 90.4 Å². The molecular weight excluding hydrogens is 196 g/mol. The third kappa shape index (κ3) is 3.88. The maximum atomic E-state index is 11.7. The highest BCUT2D eigenvalue weighted by Gasteiger charge is 2.18. The Morgan fingerprint density at radius 2 is 2.36 bits per heavy atom. The maximum Gasteiger partial charge on any atom is 0.232 e. The third-order valence-corrected chi connectivity index (χ3v) is 3.35. The SMILES string of the molecule is CCSCC(=O)N1CCCCC(N)C1. The summed E-state index contributed by atoms with van der Waals surface area (Å²) in [7, 11) is 0. The van der Waals surface area contributed by atoms with Crippen LogP contribution in [0.25, 0.3) is 0 Å². The number of carbonyl (C=O) groups is 1. The first-order valence-electron chi connectivity index (χ1n) is 5.35. The summed E-state index contributed by atoms with van der Waals surface area (Å²) in [6.45, 7) is 3.73. The van der Waals surface area contributed by atoms with E-state index in [4.69, 9.17) is 5.73 Å². The molecule has 0 aromatic heterocycles. The van der Waals surface area contributed by atoms with E-state index in [1.165, 1.54) is 0 Å². The summed E-state index contributed by atoms with van der Waals surface area (Å²) in [5, 5.41) is 0. The first kappa shape index (κ1) is 11.9. The molecule has 1 heterocycles. The summed E-state index contributed by atoms with van der Waals surface area (Å²) in [6, 6.07) is 0.188. The summed E-state index contributed by atoms with van der Waals surface area (Å²) in [4.78, 5) is 13.6. The maximum absolute atomic E-state index is 11.7. The van der Waals surface area contributed by atoms with Gasteiger partial charge < -0.3 is 10.6 Å². The van der Waals surface area contributed by atoms with Gasteiger partial charge in [-0.25, -0.2) is 0 Å². The molecular formula is C10H20N2OS. The molecule has 1 unspecified atom stereocenters. The van der Waals surface area contributed by atoms with E-state index in [2.05, 4.69) is 6.92 Å². The normalized spacial score (nSPS) is 23.3. The summed E-state index contributed by atoms with van der Waals surface area (Å²) in [5.41, 5.74) is 5.89. The van der Waals surface area contributed by atoms with Gasteiger partial charge in [0.25, 0.3) is 0 Å². The van der Waals surface area contributed by atoms with Crippen LogP contribution < -0.4 is 5.73 Å². The monoisotopic (exact) mass is 216 g/mol. The minimum absolute atomic E-state index is 0.188. The second-order valence-corrected chi connectivity index (χ2v) is 5.01. The quantitative estimate of drug-likeness (QED) is 0.768. The van der Waals surface area contributed by atoms with E-state index in [9.17, 15) is 4.79 Å². The first-order valence-corrected chi connectivity index (χ1v) is 6.50. The van der Waals surface area contributed by atoms with Crippen molar-refractivity contribution in [2.24, 2.45) is 5.73 Å². The summed E-state index contributed by atoms with van der Waals surface area (Å²) < 4.78 is 0. The van der Waals surface area contributed by atoms with Crippen molar-refractivity contribution in [3.8, 4) is 0 Å². The number of thioether (sulfide) groups is 1. The molecule has 1 rings (SSSR count). The van der Waals surface area contributed by atoms with Crippen LogP contribution in [0, 0.1) is 0 Å². The average molecular weight is 216 g/mol. The summed E-state index contributed by atoms with van der Waals surface area (Å²) >= 11 is 1.69. The fourth-order valence-electron chi connectivity index (χ4n) is 1.68. The molecule has 0 radical (unpaired) electrons. The van der Waals surface area contributed by atoms with Gasteiger partial charge in [0.05, 0.1) is 5.75 Å². The molecule has 1 fully saturated rings. The molecule has 4 heteroatoms. The Hall–Kier alpha value is -0.220. The van der Waals surface area contributed by atoms with Crippen molar-refractivity contribution >= 4 is 17.7 Å². The molecule has 0 saturated carbocycles. The second kappa shape index (κ2) is 6.30. The Bertz CT molecular complexity index is 187. The highest BCUT2D eigenvalue weighted by Crippen LogP contribution is 2.11. The van der Waals surface area contributed by atoms with E-state index in [1.807, 2.05) is 4.90 Å². The third-order valence-electron chi connectivity index (χ3n) is 2.49. The summed E-state index contributed by atoms with van der Waals surface area (Å²) in [5.74, 6) is 1.88. The Kier molecular flexibility index (Phi) is 5.33. The van der Waals surface area contributed by atoms with Crippen LogP contribution in [0.4, 0.5) is 0 Å². The van der Waals surface area contributed by atoms with Crippen molar-refractivity contribution in [1.82, 2.24) is 4.90 Å². The molecule has 1 aliphatic heterocycles. The van der Waals surface area contributed by atoms with E-state index in [0.717, 1.165) is 38.1 Å². The van der Waals surface area contributed by atoms with Crippen molar-refractivity contribution in [2.75, 3.05) is 24.6 Å². The van der Waals surface area contributed by atoms with Crippen molar-refractivity contribution in [1.29, 1.82) is 0 Å². The minimum Gasteiger partial charge on any atom is -0.340 e. The van der Waals surface area contributed by atoms with Gasteiger partial charge in [0.2, 0.25) is 5.91 Å². The molecule has 0 aromatic carbocycles. The average Bonchev–Trinajstić information content (AvgIpc) is 2.39. The predicted octanol–water partition coefficient (Wildman–Crippen LogP) is 1.08. The van der Waals surface area contributed by atoms with Crippen LogP contribution in [-0.2, 0) is 4.79 Å². The number of hydrogen-bond acceptors (Lipinski definition) is 3. The number of nitrogens with two attached hydrogens (primary N) is 1. The molecule has 2 N–H and O–H groups in total. The van der Waals surface area contributed by atoms with E-state index in [0.29, 0.717) is 5.75 Å². The van der Waals surface area contributed by atoms with Gasteiger partial charge in [0.15, 0.2) is 0 Å². The van der Waals surface area contributed by atoms with Gasteiger partial charge in [-0.2, -0.15) is 11.8 Å². The highest BCUT2D eigenvalue weighted by atomic mass is 32.2. The topological polar surface area (TPSA) is 46.3 Å². The molecule has 0 aliphatic carbocycles. The molecule has 1 amide bonds. The molecule has 1 saturated heterocycles. The van der Waals surface area contributed by atoms with Gasteiger partial charge in [0, 0.05) is 19.1 Å². The number of amides is 1. The fraction of sp³-hybridized carbons (Fsp3) is 0.900. The lowest BCUT2D eigenvalue weighted by Crippen LogP contribution is -2.40. The van der Waals surface area contributed by atoms with Gasteiger partial charge in [-0.15, -0.1) is 0 Å². The van der Waals surface area contributed by atoms with Crippen LogP contribution in [0.1, 0.15) is 26.2 Å². The van der Waals surface area contributed by atoms with Crippen LogP contribution in [0.2, 0.25) is 0 Å². The minimum atomic E-state index is 0.188. The van der Waals surface area contributed by atoms with Gasteiger partial charge in [-0.1, -0.05) is 13.3 Å². The Morgan fingerprint density at radius 3 is 3.07 bits per heavy atom. The van der Waals surface area contributed by atoms with Gasteiger partial charge in [-0.3, -0.25) is 4.79 Å². The predicted molar refractivity (Wildman–Crippen MR) is 61.4 cm³/mol. The van der Waals surface area contributed by atoms with Crippen LogP contribution in [0.3, 0.4) is 0 Å².